The summed E-state index contributed by atoms with van der Waals surface area (Å²) in [6.07, 6.45) is 2.57. The summed E-state index contributed by atoms with van der Waals surface area (Å²) in [4.78, 5) is 17.4. The molecule has 0 saturated carbocycles. The Hall–Kier alpha value is -3.95. The minimum Gasteiger partial charge on any atom is -0.486 e. The fraction of sp³-hybridized carbons (Fsp3) is 0.231. The highest BCUT2D eigenvalue weighted by Crippen LogP contribution is 2.32. The van der Waals surface area contributed by atoms with Crippen molar-refractivity contribution >= 4 is 45.7 Å². The molecular formula is C26H25ClN6O3. The van der Waals surface area contributed by atoms with Crippen LogP contribution in [0.2, 0.25) is 5.02 Å². The molecule has 0 radical (unpaired) electrons. The van der Waals surface area contributed by atoms with Gasteiger partial charge < -0.3 is 25.2 Å². The molecule has 1 aliphatic rings. The first-order valence-electron chi connectivity index (χ1n) is 11.4. The van der Waals surface area contributed by atoms with Gasteiger partial charge in [0.05, 0.1) is 28.9 Å². The number of ether oxygens (including phenoxy) is 2. The van der Waals surface area contributed by atoms with Crippen molar-refractivity contribution in [2.45, 2.75) is 32.2 Å². The van der Waals surface area contributed by atoms with Crippen molar-refractivity contribution in [2.24, 2.45) is 4.99 Å². The lowest BCUT2D eigenvalue weighted by Crippen LogP contribution is -2.41. The summed E-state index contributed by atoms with van der Waals surface area (Å²) in [6, 6.07) is 17.2. The van der Waals surface area contributed by atoms with Crippen LogP contribution < -0.4 is 15.4 Å². The van der Waals surface area contributed by atoms with Crippen LogP contribution in [-0.4, -0.2) is 44.3 Å². The maximum atomic E-state index is 9.96. The summed E-state index contributed by atoms with van der Waals surface area (Å²) >= 11 is 6.47. The maximum absolute atomic E-state index is 9.96. The molecule has 9 nitrogen and oxygen atoms in total. The third-order valence-corrected chi connectivity index (χ3v) is 6.23. The summed E-state index contributed by atoms with van der Waals surface area (Å²) in [6.45, 7) is 4.21. The molecule has 0 saturated heterocycles. The van der Waals surface area contributed by atoms with Crippen LogP contribution in [0.4, 0.5) is 17.2 Å². The Bertz CT molecular complexity index is 1420. The summed E-state index contributed by atoms with van der Waals surface area (Å²) in [5, 5.41) is 17.7. The Morgan fingerprint density at radius 1 is 1.08 bits per heavy atom. The number of nitrogens with zero attached hydrogens (tertiary/aromatic N) is 4. The number of aliphatic imine (C=N–C) groups is 1. The molecule has 2 atom stereocenters. The molecule has 10 heteroatoms. The highest BCUT2D eigenvalue weighted by molar-refractivity contribution is 6.32. The third kappa shape index (κ3) is 5.17. The normalized spacial score (nSPS) is 17.8. The Balaban J connectivity index is 1.32. The molecule has 4 aromatic rings. The van der Waals surface area contributed by atoms with Crippen molar-refractivity contribution in [2.75, 3.05) is 17.2 Å². The average molecular weight is 505 g/mol. The molecule has 0 spiro atoms. The van der Waals surface area contributed by atoms with Crippen LogP contribution in [-0.2, 0) is 11.3 Å². The van der Waals surface area contributed by atoms with Crippen LogP contribution in [0.1, 0.15) is 19.5 Å². The molecule has 0 amide bonds. The van der Waals surface area contributed by atoms with E-state index in [1.807, 2.05) is 49.4 Å². The molecule has 2 unspecified atom stereocenters. The number of aliphatic hydroxyl groups excluding tert-OH is 1. The number of nitrogens with one attached hydrogen (secondary N) is 2. The zero-order valence-corrected chi connectivity index (χ0v) is 20.5. The van der Waals surface area contributed by atoms with Gasteiger partial charge in [-0.1, -0.05) is 17.7 Å². The van der Waals surface area contributed by atoms with E-state index in [1.165, 1.54) is 6.33 Å². The van der Waals surface area contributed by atoms with Crippen LogP contribution in [0, 0.1) is 0 Å². The van der Waals surface area contributed by atoms with Gasteiger partial charge in [-0.15, -0.1) is 0 Å². The van der Waals surface area contributed by atoms with Gasteiger partial charge in [-0.2, -0.15) is 0 Å². The van der Waals surface area contributed by atoms with E-state index >= 15 is 0 Å². The van der Waals surface area contributed by atoms with Gasteiger partial charge in [0.2, 0.25) is 0 Å². The Morgan fingerprint density at radius 3 is 2.67 bits per heavy atom. The number of fused-ring (bicyclic) bond motifs is 1. The molecule has 184 valence electrons. The molecule has 3 N–H and O–H groups in total. The number of benzene rings is 2. The maximum Gasteiger partial charge on any atom is 0.290 e. The number of pyridine rings is 1. The van der Waals surface area contributed by atoms with Gasteiger partial charge in [0.25, 0.3) is 6.02 Å². The minimum absolute atomic E-state index is 0.324. The number of aromatic nitrogens is 3. The van der Waals surface area contributed by atoms with E-state index in [-0.39, 0.29) is 0 Å². The highest BCUT2D eigenvalue weighted by Gasteiger charge is 2.38. The molecule has 0 bridgehead atoms. The molecule has 5 rings (SSSR count). The molecule has 36 heavy (non-hydrogen) atoms. The van der Waals surface area contributed by atoms with Crippen molar-refractivity contribution in [3.8, 4) is 5.75 Å². The van der Waals surface area contributed by atoms with Gasteiger partial charge >= 0.3 is 0 Å². The number of anilines is 3. The van der Waals surface area contributed by atoms with E-state index in [0.29, 0.717) is 35.8 Å². The highest BCUT2D eigenvalue weighted by atomic mass is 35.5. The molecular weight excluding hydrogens is 480 g/mol. The second-order valence-corrected chi connectivity index (χ2v) is 9.08. The largest absolute Gasteiger partial charge is 0.486 e. The first kappa shape index (κ1) is 23.8. The fourth-order valence-corrected chi connectivity index (χ4v) is 3.86. The lowest BCUT2D eigenvalue weighted by molar-refractivity contribution is -0.0197. The molecule has 2 aromatic carbocycles. The first-order chi connectivity index (χ1) is 17.4. The van der Waals surface area contributed by atoms with Gasteiger partial charge in [-0.3, -0.25) is 4.98 Å². The van der Waals surface area contributed by atoms with Crippen LogP contribution in [0.15, 0.2) is 72.1 Å². The lowest BCUT2D eigenvalue weighted by Gasteiger charge is -2.26. The number of rotatable bonds is 7. The minimum atomic E-state index is -0.748. The van der Waals surface area contributed by atoms with Crippen molar-refractivity contribution in [3.05, 3.63) is 77.8 Å². The van der Waals surface area contributed by atoms with Crippen molar-refractivity contribution < 1.29 is 14.6 Å². The van der Waals surface area contributed by atoms with Crippen molar-refractivity contribution in [3.63, 3.8) is 0 Å². The van der Waals surface area contributed by atoms with Crippen LogP contribution in [0.5, 0.6) is 5.75 Å². The number of halogens is 1. The molecule has 1 aliphatic heterocycles. The first-order valence-corrected chi connectivity index (χ1v) is 11.8. The van der Waals surface area contributed by atoms with Crippen LogP contribution in [0.3, 0.4) is 0 Å². The number of amidine groups is 1. The predicted molar refractivity (Wildman–Crippen MR) is 140 cm³/mol. The average Bonchev–Trinajstić information content (AvgIpc) is 3.26. The van der Waals surface area contributed by atoms with E-state index in [2.05, 4.69) is 30.6 Å². The molecule has 2 aromatic heterocycles. The third-order valence-electron chi connectivity index (χ3n) is 5.93. The van der Waals surface area contributed by atoms with Gasteiger partial charge in [0, 0.05) is 23.0 Å². The number of hydrogen-bond donors (Lipinski definition) is 3. The van der Waals surface area contributed by atoms with Crippen molar-refractivity contribution in [1.82, 2.24) is 15.0 Å². The monoisotopic (exact) mass is 504 g/mol. The summed E-state index contributed by atoms with van der Waals surface area (Å²) in [5.41, 5.74) is 2.34. The predicted octanol–water partition coefficient (Wildman–Crippen LogP) is 4.94. The lowest BCUT2D eigenvalue weighted by atomic mass is 10.0. The SMILES string of the molecule is CC(O)C1(C)CN=C(Nc2ccc3ncnc(Nc4ccc(OCc5ccccn5)c(Cl)c4)c3c2)O1. The van der Waals surface area contributed by atoms with E-state index in [9.17, 15) is 5.11 Å². The second-order valence-electron chi connectivity index (χ2n) is 8.67. The van der Waals surface area contributed by atoms with Crippen LogP contribution in [0.25, 0.3) is 10.9 Å². The van der Waals surface area contributed by atoms with Gasteiger partial charge in [0.15, 0.2) is 5.60 Å². The number of aliphatic hydroxyl groups is 1. The van der Waals surface area contributed by atoms with Crippen LogP contribution >= 0.6 is 11.6 Å². The zero-order valence-electron chi connectivity index (χ0n) is 19.8. The summed E-state index contributed by atoms with van der Waals surface area (Å²) in [7, 11) is 0. The molecule has 3 heterocycles. The summed E-state index contributed by atoms with van der Waals surface area (Å²) in [5.74, 6) is 1.18. The zero-order chi connectivity index (χ0) is 25.1. The Kier molecular flexibility index (Phi) is 6.58. The Labute approximate surface area is 213 Å². The standard InChI is InChI=1S/C26H25ClN6O3/c1-16(34)26(2)14-29-25(36-26)33-17-6-8-22-20(11-17)24(31-15-30-22)32-18-7-9-23(21(27)12-18)35-13-19-5-3-4-10-28-19/h3-12,15-16,34H,13-14H2,1-2H3,(H,29,33)(H,30,31,32). The van der Waals surface area contributed by atoms with Gasteiger partial charge in [-0.05, 0) is 62.4 Å². The molecule has 0 aliphatic carbocycles. The summed E-state index contributed by atoms with van der Waals surface area (Å²) < 4.78 is 11.6. The smallest absolute Gasteiger partial charge is 0.290 e. The van der Waals surface area contributed by atoms with Gasteiger partial charge in [-0.25, -0.2) is 15.0 Å². The van der Waals surface area contributed by atoms with E-state index in [0.717, 1.165) is 28.0 Å². The number of hydrogen-bond acceptors (Lipinski definition) is 9. The topological polar surface area (TPSA) is 114 Å². The second kappa shape index (κ2) is 9.96. The van der Waals surface area contributed by atoms with E-state index < -0.39 is 11.7 Å². The van der Waals surface area contributed by atoms with E-state index in [4.69, 9.17) is 21.1 Å². The van der Waals surface area contributed by atoms with Crippen molar-refractivity contribution in [1.29, 1.82) is 0 Å². The molecule has 0 fully saturated rings. The Morgan fingerprint density at radius 2 is 1.92 bits per heavy atom. The van der Waals surface area contributed by atoms with E-state index in [1.54, 1.807) is 25.3 Å². The quantitative estimate of drug-likeness (QED) is 0.324. The fourth-order valence-electron chi connectivity index (χ4n) is 3.62. The van der Waals surface area contributed by atoms with Gasteiger partial charge in [0.1, 0.15) is 24.5 Å².